The average molecular weight is 298 g/mol. The first-order valence-corrected chi connectivity index (χ1v) is 8.49. The van der Waals surface area contributed by atoms with Crippen LogP contribution in [-0.2, 0) is 9.53 Å². The fourth-order valence-electron chi connectivity index (χ4n) is 3.46. The van der Waals surface area contributed by atoms with E-state index in [9.17, 15) is 4.79 Å². The largest absolute Gasteiger partial charge is 0.465 e. The Bertz CT molecular complexity index is 323. The molecular weight excluding hydrogens is 264 g/mol. The summed E-state index contributed by atoms with van der Waals surface area (Å²) in [4.78, 5) is 14.3. The number of hydrogen-bond acceptors (Lipinski definition) is 4. The Balaban J connectivity index is 2.50. The van der Waals surface area contributed by atoms with Gasteiger partial charge in [0.15, 0.2) is 0 Å². The van der Waals surface area contributed by atoms with Crippen molar-refractivity contribution in [3.63, 3.8) is 0 Å². The summed E-state index contributed by atoms with van der Waals surface area (Å²) in [5.74, 6) is 0.615. The molecule has 0 spiro atoms. The lowest BCUT2D eigenvalue weighted by Gasteiger charge is -2.39. The number of ether oxygens (including phenoxy) is 1. The van der Waals surface area contributed by atoms with Crippen LogP contribution in [0.3, 0.4) is 0 Å². The number of nitrogens with two attached hydrogens (primary N) is 1. The van der Waals surface area contributed by atoms with Crippen molar-refractivity contribution >= 4 is 5.97 Å². The van der Waals surface area contributed by atoms with Crippen LogP contribution < -0.4 is 5.73 Å². The predicted octanol–water partition coefficient (Wildman–Crippen LogP) is 2.95. The minimum absolute atomic E-state index is 0.285. The van der Waals surface area contributed by atoms with Crippen molar-refractivity contribution < 1.29 is 9.53 Å². The van der Waals surface area contributed by atoms with E-state index in [1.807, 2.05) is 6.92 Å². The van der Waals surface area contributed by atoms with E-state index in [-0.39, 0.29) is 12.0 Å². The Kier molecular flexibility index (Phi) is 7.14. The van der Waals surface area contributed by atoms with Gasteiger partial charge < -0.3 is 15.4 Å². The van der Waals surface area contributed by atoms with Crippen LogP contribution in [0.4, 0.5) is 0 Å². The lowest BCUT2D eigenvalue weighted by molar-refractivity contribution is -0.149. The minimum Gasteiger partial charge on any atom is -0.465 e. The quantitative estimate of drug-likeness (QED) is 0.734. The predicted molar refractivity (Wildman–Crippen MR) is 87.1 cm³/mol. The van der Waals surface area contributed by atoms with Crippen molar-refractivity contribution in [2.45, 2.75) is 83.8 Å². The van der Waals surface area contributed by atoms with Gasteiger partial charge >= 0.3 is 5.97 Å². The molecule has 1 rings (SSSR count). The Morgan fingerprint density at radius 2 is 1.90 bits per heavy atom. The molecule has 1 aliphatic rings. The first kappa shape index (κ1) is 18.4. The molecule has 0 bridgehead atoms. The van der Waals surface area contributed by atoms with Gasteiger partial charge in [0, 0.05) is 12.1 Å². The summed E-state index contributed by atoms with van der Waals surface area (Å²) in [6.07, 6.45) is 7.12. The fraction of sp³-hybridized carbons (Fsp3) is 0.941. The van der Waals surface area contributed by atoms with Crippen molar-refractivity contribution in [2.24, 2.45) is 11.7 Å². The average Bonchev–Trinajstić information content (AvgIpc) is 2.46. The molecule has 0 aliphatic heterocycles. The van der Waals surface area contributed by atoms with Crippen LogP contribution in [0.5, 0.6) is 0 Å². The minimum atomic E-state index is -0.899. The third-order valence-corrected chi connectivity index (χ3v) is 5.13. The zero-order valence-corrected chi connectivity index (χ0v) is 14.5. The molecule has 0 saturated heterocycles. The number of esters is 1. The summed E-state index contributed by atoms with van der Waals surface area (Å²) in [5, 5.41) is 0. The van der Waals surface area contributed by atoms with Crippen LogP contribution in [0.15, 0.2) is 0 Å². The maximum absolute atomic E-state index is 11.9. The maximum Gasteiger partial charge on any atom is 0.325 e. The van der Waals surface area contributed by atoms with E-state index >= 15 is 0 Å². The summed E-state index contributed by atoms with van der Waals surface area (Å²) < 4.78 is 5.08. The van der Waals surface area contributed by atoms with Crippen molar-refractivity contribution in [3.05, 3.63) is 0 Å². The van der Waals surface area contributed by atoms with E-state index < -0.39 is 5.54 Å². The third-order valence-electron chi connectivity index (χ3n) is 5.13. The van der Waals surface area contributed by atoms with E-state index in [2.05, 4.69) is 25.8 Å². The second kappa shape index (κ2) is 8.14. The Morgan fingerprint density at radius 1 is 1.33 bits per heavy atom. The second-order valence-electron chi connectivity index (χ2n) is 6.94. The van der Waals surface area contributed by atoms with E-state index in [0.29, 0.717) is 19.1 Å². The standard InChI is InChI=1S/C17H34N2O2/c1-6-14-8-10-15(11-9-14)19(5)13(3)12-17(4,18)16(20)21-7-2/h13-15H,6-12,18H2,1-5H3. The van der Waals surface area contributed by atoms with Crippen LogP contribution in [0.1, 0.15) is 66.2 Å². The smallest absolute Gasteiger partial charge is 0.325 e. The molecule has 21 heavy (non-hydrogen) atoms. The van der Waals surface area contributed by atoms with Crippen LogP contribution in [0.2, 0.25) is 0 Å². The zero-order valence-electron chi connectivity index (χ0n) is 14.5. The fourth-order valence-corrected chi connectivity index (χ4v) is 3.46. The summed E-state index contributed by atoms with van der Waals surface area (Å²) in [5.41, 5.74) is 5.26. The maximum atomic E-state index is 11.9. The van der Waals surface area contributed by atoms with E-state index in [1.165, 1.54) is 32.1 Å². The number of hydrogen-bond donors (Lipinski definition) is 1. The van der Waals surface area contributed by atoms with Crippen LogP contribution in [0, 0.1) is 5.92 Å². The molecule has 2 N–H and O–H groups in total. The molecule has 124 valence electrons. The first-order chi connectivity index (χ1) is 9.81. The zero-order chi connectivity index (χ0) is 16.0. The normalized spacial score (nSPS) is 27.2. The molecule has 2 unspecified atom stereocenters. The molecule has 2 atom stereocenters. The van der Waals surface area contributed by atoms with Crippen molar-refractivity contribution in [1.29, 1.82) is 0 Å². The molecule has 4 nitrogen and oxygen atoms in total. The van der Waals surface area contributed by atoms with Crippen LogP contribution >= 0.6 is 0 Å². The highest BCUT2D eigenvalue weighted by Crippen LogP contribution is 2.30. The highest BCUT2D eigenvalue weighted by atomic mass is 16.5. The topological polar surface area (TPSA) is 55.6 Å². The van der Waals surface area contributed by atoms with Gasteiger partial charge in [0.25, 0.3) is 0 Å². The van der Waals surface area contributed by atoms with Gasteiger partial charge in [0.2, 0.25) is 0 Å². The number of carbonyl (C=O) groups is 1. The SMILES string of the molecule is CCOC(=O)C(C)(N)CC(C)N(C)C1CCC(CC)CC1. The van der Waals surface area contributed by atoms with Gasteiger partial charge in [-0.3, -0.25) is 4.79 Å². The van der Waals surface area contributed by atoms with Crippen LogP contribution in [-0.4, -0.2) is 42.1 Å². The van der Waals surface area contributed by atoms with Crippen molar-refractivity contribution in [3.8, 4) is 0 Å². The summed E-state index contributed by atoms with van der Waals surface area (Å²) in [7, 11) is 2.17. The number of nitrogens with zero attached hydrogens (tertiary/aromatic N) is 1. The molecule has 0 aromatic heterocycles. The first-order valence-electron chi connectivity index (χ1n) is 8.49. The van der Waals surface area contributed by atoms with Gasteiger partial charge in [0.05, 0.1) is 6.61 Å². The molecule has 0 aromatic rings. The van der Waals surface area contributed by atoms with E-state index in [0.717, 1.165) is 5.92 Å². The van der Waals surface area contributed by atoms with Crippen molar-refractivity contribution in [1.82, 2.24) is 4.90 Å². The highest BCUT2D eigenvalue weighted by molar-refractivity contribution is 5.80. The Labute approximate surface area is 130 Å². The van der Waals surface area contributed by atoms with E-state index in [1.54, 1.807) is 6.92 Å². The molecule has 0 amide bonds. The molecular formula is C17H34N2O2. The van der Waals surface area contributed by atoms with Gasteiger partial charge in [-0.05, 0) is 65.8 Å². The highest BCUT2D eigenvalue weighted by Gasteiger charge is 2.34. The number of carbonyl (C=O) groups excluding carboxylic acids is 1. The third kappa shape index (κ3) is 5.26. The van der Waals surface area contributed by atoms with Gasteiger partial charge in [-0.15, -0.1) is 0 Å². The van der Waals surface area contributed by atoms with Crippen molar-refractivity contribution in [2.75, 3.05) is 13.7 Å². The monoisotopic (exact) mass is 298 g/mol. The van der Waals surface area contributed by atoms with Crippen LogP contribution in [0.25, 0.3) is 0 Å². The molecule has 0 heterocycles. The Morgan fingerprint density at radius 3 is 2.38 bits per heavy atom. The molecule has 1 fully saturated rings. The Hall–Kier alpha value is -0.610. The molecule has 0 aromatic carbocycles. The second-order valence-corrected chi connectivity index (χ2v) is 6.94. The van der Waals surface area contributed by atoms with Gasteiger partial charge in [-0.1, -0.05) is 13.3 Å². The molecule has 4 heteroatoms. The summed E-state index contributed by atoms with van der Waals surface area (Å²) in [6, 6.07) is 0.911. The molecule has 1 saturated carbocycles. The summed E-state index contributed by atoms with van der Waals surface area (Å²) >= 11 is 0. The molecule has 0 radical (unpaired) electrons. The summed E-state index contributed by atoms with van der Waals surface area (Å²) in [6.45, 7) is 8.43. The molecule has 1 aliphatic carbocycles. The lowest BCUT2D eigenvalue weighted by atomic mass is 9.83. The lowest BCUT2D eigenvalue weighted by Crippen LogP contribution is -2.52. The van der Waals surface area contributed by atoms with Gasteiger partial charge in [0.1, 0.15) is 5.54 Å². The van der Waals surface area contributed by atoms with Gasteiger partial charge in [-0.25, -0.2) is 0 Å². The van der Waals surface area contributed by atoms with E-state index in [4.69, 9.17) is 10.5 Å². The van der Waals surface area contributed by atoms with Gasteiger partial charge in [-0.2, -0.15) is 0 Å². The number of rotatable bonds is 7.